The van der Waals surface area contributed by atoms with Gasteiger partial charge in [-0.3, -0.25) is 0 Å². The fourth-order valence-electron chi connectivity index (χ4n) is 6.85. The topological polar surface area (TPSA) is 104 Å². The lowest BCUT2D eigenvalue weighted by molar-refractivity contribution is -0.232. The van der Waals surface area contributed by atoms with Gasteiger partial charge in [-0.25, -0.2) is 9.59 Å². The molecular formula is C29H38O8. The van der Waals surface area contributed by atoms with Crippen molar-refractivity contribution in [2.45, 2.75) is 89.5 Å². The average Bonchev–Trinajstić information content (AvgIpc) is 3.61. The first-order valence-electron chi connectivity index (χ1n) is 13.3. The van der Waals surface area contributed by atoms with Crippen LogP contribution in [0.1, 0.15) is 53.4 Å². The Morgan fingerprint density at radius 1 is 1.05 bits per heavy atom. The van der Waals surface area contributed by atoms with Crippen molar-refractivity contribution >= 4 is 11.9 Å². The highest BCUT2D eigenvalue weighted by Gasteiger charge is 2.83. The molecule has 3 heterocycles. The van der Waals surface area contributed by atoms with Crippen LogP contribution >= 0.6 is 0 Å². The summed E-state index contributed by atoms with van der Waals surface area (Å²) in [4.78, 5) is 25.9. The summed E-state index contributed by atoms with van der Waals surface area (Å²) in [5, 5.41) is 10.0. The minimum Gasteiger partial charge on any atom is -0.462 e. The van der Waals surface area contributed by atoms with Gasteiger partial charge in [0.05, 0.1) is 36.9 Å². The van der Waals surface area contributed by atoms with Crippen LogP contribution in [-0.2, 0) is 33.3 Å². The predicted octanol–water partition coefficient (Wildman–Crippen LogP) is 3.34. The molecule has 0 aromatic rings. The maximum atomic E-state index is 12.9. The molecule has 2 bridgehead atoms. The minimum absolute atomic E-state index is 0.144. The fourth-order valence-corrected chi connectivity index (χ4v) is 6.85. The molecule has 1 N–H and O–H groups in total. The number of epoxide rings is 1. The van der Waals surface area contributed by atoms with E-state index in [1.807, 2.05) is 6.92 Å². The van der Waals surface area contributed by atoms with Crippen molar-refractivity contribution in [1.29, 1.82) is 0 Å². The molecule has 2 aliphatic carbocycles. The van der Waals surface area contributed by atoms with E-state index in [2.05, 4.69) is 19.9 Å². The van der Waals surface area contributed by atoms with E-state index >= 15 is 0 Å². The third kappa shape index (κ3) is 4.42. The third-order valence-corrected chi connectivity index (χ3v) is 9.24. The monoisotopic (exact) mass is 514 g/mol. The first-order valence-corrected chi connectivity index (χ1v) is 13.3. The normalized spacial score (nSPS) is 46.2. The van der Waals surface area contributed by atoms with E-state index in [4.69, 9.17) is 23.7 Å². The molecule has 2 saturated heterocycles. The van der Waals surface area contributed by atoms with Gasteiger partial charge >= 0.3 is 11.9 Å². The quantitative estimate of drug-likeness (QED) is 0.323. The number of ether oxygens (including phenoxy) is 5. The van der Waals surface area contributed by atoms with E-state index in [-0.39, 0.29) is 18.8 Å². The van der Waals surface area contributed by atoms with Crippen molar-refractivity contribution < 1.29 is 38.4 Å². The Balaban J connectivity index is 1.51. The predicted molar refractivity (Wildman–Crippen MR) is 134 cm³/mol. The Kier molecular flexibility index (Phi) is 6.98. The molecule has 5 aliphatic rings. The number of hydrogen-bond acceptors (Lipinski definition) is 8. The zero-order valence-corrected chi connectivity index (χ0v) is 22.1. The minimum atomic E-state index is -0.735. The van der Waals surface area contributed by atoms with Gasteiger partial charge in [-0.2, -0.15) is 0 Å². The lowest BCUT2D eigenvalue weighted by Crippen LogP contribution is -2.66. The summed E-state index contributed by atoms with van der Waals surface area (Å²) < 4.78 is 30.6. The van der Waals surface area contributed by atoms with Crippen LogP contribution in [-0.4, -0.2) is 73.0 Å². The zero-order chi connectivity index (χ0) is 26.4. The molecular weight excluding hydrogens is 476 g/mol. The molecule has 0 aromatic heterocycles. The van der Waals surface area contributed by atoms with E-state index in [0.29, 0.717) is 26.1 Å². The van der Waals surface area contributed by atoms with Crippen molar-refractivity contribution in [3.63, 3.8) is 0 Å². The number of aliphatic hydroxyl groups excluding tert-OH is 1. The van der Waals surface area contributed by atoms with Crippen LogP contribution in [0.15, 0.2) is 47.6 Å². The van der Waals surface area contributed by atoms with Gasteiger partial charge in [-0.1, -0.05) is 42.4 Å². The Morgan fingerprint density at radius 3 is 2.57 bits per heavy atom. The molecule has 0 radical (unpaired) electrons. The summed E-state index contributed by atoms with van der Waals surface area (Å²) in [7, 11) is 0. The van der Waals surface area contributed by atoms with Crippen LogP contribution in [0.2, 0.25) is 0 Å². The van der Waals surface area contributed by atoms with Crippen LogP contribution in [0, 0.1) is 10.8 Å². The SMILES string of the molecule is CC1=C[C@H]2OC3C[C@H]4OC(=O)/C=C\C=C\[C@H]([C@@H](C)O)OCC/C(C)=C/C(=O)OC[C@@]2(CC1)[C@]4(C)[C@]31CO1. The lowest BCUT2D eigenvalue weighted by atomic mass is 9.51. The van der Waals surface area contributed by atoms with Gasteiger partial charge in [-0.15, -0.1) is 0 Å². The molecule has 0 amide bonds. The molecule has 5 rings (SSSR count). The molecule has 8 nitrogen and oxygen atoms in total. The smallest absolute Gasteiger partial charge is 0.331 e. The van der Waals surface area contributed by atoms with Gasteiger partial charge in [0.1, 0.15) is 24.4 Å². The Hall–Kier alpha value is -2.26. The van der Waals surface area contributed by atoms with Gasteiger partial charge < -0.3 is 28.8 Å². The highest BCUT2D eigenvalue weighted by molar-refractivity contribution is 5.83. The van der Waals surface area contributed by atoms with Crippen LogP contribution in [0.25, 0.3) is 0 Å². The molecule has 202 valence electrons. The molecule has 0 aromatic carbocycles. The molecule has 2 spiro atoms. The van der Waals surface area contributed by atoms with Crippen LogP contribution in [0.3, 0.4) is 0 Å². The van der Waals surface area contributed by atoms with Gasteiger partial charge in [0.2, 0.25) is 0 Å². The largest absolute Gasteiger partial charge is 0.462 e. The first kappa shape index (κ1) is 26.4. The van der Waals surface area contributed by atoms with Crippen LogP contribution in [0.5, 0.6) is 0 Å². The van der Waals surface area contributed by atoms with E-state index in [1.165, 1.54) is 17.7 Å². The number of allylic oxidation sites excluding steroid dienone is 3. The number of esters is 2. The Labute approximate surface area is 218 Å². The van der Waals surface area contributed by atoms with Gasteiger partial charge in [0.15, 0.2) is 0 Å². The van der Waals surface area contributed by atoms with Crippen molar-refractivity contribution in [1.82, 2.24) is 0 Å². The van der Waals surface area contributed by atoms with Crippen molar-refractivity contribution in [3.05, 3.63) is 47.6 Å². The van der Waals surface area contributed by atoms with Crippen LogP contribution < -0.4 is 0 Å². The summed E-state index contributed by atoms with van der Waals surface area (Å²) in [6.45, 7) is 8.73. The maximum absolute atomic E-state index is 12.9. The lowest BCUT2D eigenvalue weighted by Gasteiger charge is -2.58. The van der Waals surface area contributed by atoms with Crippen LogP contribution in [0.4, 0.5) is 0 Å². The molecule has 3 aliphatic heterocycles. The number of carbonyl (C=O) groups excluding carboxylic acids is 2. The third-order valence-electron chi connectivity index (χ3n) is 9.24. The van der Waals surface area contributed by atoms with Crippen molar-refractivity contribution in [2.75, 3.05) is 19.8 Å². The Bertz CT molecular complexity index is 1050. The second-order valence-corrected chi connectivity index (χ2v) is 11.4. The van der Waals surface area contributed by atoms with Gasteiger partial charge in [0, 0.05) is 24.0 Å². The molecule has 3 fully saturated rings. The van der Waals surface area contributed by atoms with Gasteiger partial charge in [0.25, 0.3) is 0 Å². The molecule has 1 unspecified atom stereocenters. The summed E-state index contributed by atoms with van der Waals surface area (Å²) >= 11 is 0. The maximum Gasteiger partial charge on any atom is 0.331 e. The number of cyclic esters (lactones) is 1. The molecule has 8 atom stereocenters. The highest BCUT2D eigenvalue weighted by Crippen LogP contribution is 2.72. The molecule has 37 heavy (non-hydrogen) atoms. The van der Waals surface area contributed by atoms with Gasteiger partial charge in [-0.05, 0) is 40.0 Å². The summed E-state index contributed by atoms with van der Waals surface area (Å²) in [5.41, 5.74) is 0.318. The highest BCUT2D eigenvalue weighted by atomic mass is 16.6. The number of hydrogen-bond donors (Lipinski definition) is 1. The average molecular weight is 515 g/mol. The van der Waals surface area contributed by atoms with E-state index in [9.17, 15) is 14.7 Å². The van der Waals surface area contributed by atoms with Crippen molar-refractivity contribution in [3.8, 4) is 0 Å². The summed E-state index contributed by atoms with van der Waals surface area (Å²) in [5.74, 6) is -0.879. The van der Waals surface area contributed by atoms with E-state index in [0.717, 1.165) is 18.4 Å². The zero-order valence-electron chi connectivity index (χ0n) is 22.1. The number of aliphatic hydroxyl groups is 1. The fraction of sp³-hybridized carbons (Fsp3) is 0.655. The second-order valence-electron chi connectivity index (χ2n) is 11.4. The second kappa shape index (κ2) is 9.80. The van der Waals surface area contributed by atoms with E-state index < -0.39 is 46.7 Å². The molecule has 8 heteroatoms. The van der Waals surface area contributed by atoms with Crippen molar-refractivity contribution in [2.24, 2.45) is 10.8 Å². The Morgan fingerprint density at radius 2 is 1.84 bits per heavy atom. The summed E-state index contributed by atoms with van der Waals surface area (Å²) in [6, 6.07) is 0. The summed E-state index contributed by atoms with van der Waals surface area (Å²) in [6.07, 6.45) is 10.5. The molecule has 1 saturated carbocycles. The number of rotatable bonds is 1. The standard InChI is InChI=1S/C29H38O8/c1-18-9-11-28-16-34-26(32)14-19(2)10-12-33-21(20(3)30)7-5-6-8-25(31)37-22-15-24(36-23(28)13-18)29(17-35-29)27(22,28)4/h5-8,13-14,20-24,30H,9-12,15-17H2,1-4H3/b7-5+,8-6-,19-14+/t20-,21-,22-,23-,24?,27-,28-,29+/m1/s1. The number of carbonyl (C=O) groups is 2. The first-order chi connectivity index (χ1) is 17.6. The van der Waals surface area contributed by atoms with E-state index in [1.54, 1.807) is 25.2 Å².